The summed E-state index contributed by atoms with van der Waals surface area (Å²) in [6.07, 6.45) is 1.54. The van der Waals surface area contributed by atoms with Crippen LogP contribution in [0, 0.1) is 0 Å². The van der Waals surface area contributed by atoms with Crippen LogP contribution in [-0.4, -0.2) is 29.6 Å². The molecule has 2 heterocycles. The maximum atomic E-state index is 10.6. The Morgan fingerprint density at radius 2 is 2.40 bits per heavy atom. The molecule has 1 saturated heterocycles. The smallest absolute Gasteiger partial charge is 0.103 e. The van der Waals surface area contributed by atoms with E-state index in [2.05, 4.69) is 18.9 Å². The van der Waals surface area contributed by atoms with Gasteiger partial charge in [-0.2, -0.15) is 0 Å². The van der Waals surface area contributed by atoms with E-state index in [1.54, 1.807) is 11.3 Å². The summed E-state index contributed by atoms with van der Waals surface area (Å²) >= 11 is 7.64. The van der Waals surface area contributed by atoms with Crippen molar-refractivity contribution < 1.29 is 5.11 Å². The van der Waals surface area contributed by atoms with Crippen LogP contribution in [0.5, 0.6) is 0 Å². The van der Waals surface area contributed by atoms with Gasteiger partial charge in [0.25, 0.3) is 0 Å². The van der Waals surface area contributed by atoms with Crippen molar-refractivity contribution in [1.82, 2.24) is 4.90 Å². The number of halogens is 1. The SMILES string of the molecule is CC1CC(O)(c2sccc2Cl)CCN1C. The first-order valence-corrected chi connectivity index (χ1v) is 6.45. The van der Waals surface area contributed by atoms with Crippen molar-refractivity contribution in [2.75, 3.05) is 13.6 Å². The van der Waals surface area contributed by atoms with E-state index < -0.39 is 5.60 Å². The molecule has 2 unspecified atom stereocenters. The van der Waals surface area contributed by atoms with E-state index in [-0.39, 0.29) is 0 Å². The van der Waals surface area contributed by atoms with Crippen molar-refractivity contribution >= 4 is 22.9 Å². The van der Waals surface area contributed by atoms with Crippen LogP contribution < -0.4 is 0 Å². The molecule has 84 valence electrons. The largest absolute Gasteiger partial charge is 0.384 e. The van der Waals surface area contributed by atoms with E-state index >= 15 is 0 Å². The maximum absolute atomic E-state index is 10.6. The highest BCUT2D eigenvalue weighted by atomic mass is 35.5. The molecule has 2 atom stereocenters. The molecule has 2 nitrogen and oxygen atoms in total. The molecule has 1 aliphatic heterocycles. The van der Waals surface area contributed by atoms with Crippen molar-refractivity contribution in [2.24, 2.45) is 0 Å². The lowest BCUT2D eigenvalue weighted by Crippen LogP contribution is -2.45. The number of hydrogen-bond acceptors (Lipinski definition) is 3. The van der Waals surface area contributed by atoms with Gasteiger partial charge in [0.15, 0.2) is 0 Å². The monoisotopic (exact) mass is 245 g/mol. The van der Waals surface area contributed by atoms with Gasteiger partial charge in [0, 0.05) is 12.6 Å². The fourth-order valence-corrected chi connectivity index (χ4v) is 3.53. The second-order valence-electron chi connectivity index (χ2n) is 4.41. The van der Waals surface area contributed by atoms with E-state index in [1.807, 2.05) is 11.4 Å². The molecule has 0 bridgehead atoms. The molecule has 1 aromatic heterocycles. The predicted molar refractivity (Wildman–Crippen MR) is 64.6 cm³/mol. The molecule has 0 amide bonds. The lowest BCUT2D eigenvalue weighted by atomic mass is 9.86. The van der Waals surface area contributed by atoms with Crippen LogP contribution in [0.2, 0.25) is 5.02 Å². The summed E-state index contributed by atoms with van der Waals surface area (Å²) in [5, 5.41) is 13.3. The zero-order valence-electron chi connectivity index (χ0n) is 9.03. The number of thiophene rings is 1. The fourth-order valence-electron chi connectivity index (χ4n) is 2.16. The van der Waals surface area contributed by atoms with Gasteiger partial charge in [-0.1, -0.05) is 11.6 Å². The Morgan fingerprint density at radius 3 is 2.93 bits per heavy atom. The third-order valence-electron chi connectivity index (χ3n) is 3.30. The molecule has 0 saturated carbocycles. The number of piperidine rings is 1. The van der Waals surface area contributed by atoms with Crippen LogP contribution in [-0.2, 0) is 5.60 Å². The molecular formula is C11H16ClNOS. The second kappa shape index (κ2) is 4.06. The number of likely N-dealkylation sites (tertiary alicyclic amines) is 1. The molecule has 1 fully saturated rings. The minimum absolute atomic E-state index is 0.405. The van der Waals surface area contributed by atoms with Gasteiger partial charge < -0.3 is 10.0 Å². The van der Waals surface area contributed by atoms with Crippen molar-refractivity contribution in [2.45, 2.75) is 31.4 Å². The first kappa shape index (κ1) is 11.4. The van der Waals surface area contributed by atoms with Crippen LogP contribution in [0.3, 0.4) is 0 Å². The van der Waals surface area contributed by atoms with Crippen molar-refractivity contribution in [3.63, 3.8) is 0 Å². The van der Waals surface area contributed by atoms with Crippen LogP contribution in [0.4, 0.5) is 0 Å². The third kappa shape index (κ3) is 2.07. The zero-order chi connectivity index (χ0) is 11.1. The molecule has 15 heavy (non-hydrogen) atoms. The number of nitrogens with zero attached hydrogens (tertiary/aromatic N) is 1. The van der Waals surface area contributed by atoms with Gasteiger partial charge >= 0.3 is 0 Å². The van der Waals surface area contributed by atoms with Crippen LogP contribution >= 0.6 is 22.9 Å². The third-order valence-corrected chi connectivity index (χ3v) is 4.84. The van der Waals surface area contributed by atoms with Gasteiger partial charge in [-0.05, 0) is 38.3 Å². The van der Waals surface area contributed by atoms with Crippen LogP contribution in [0.25, 0.3) is 0 Å². The molecule has 0 spiro atoms. The molecule has 0 radical (unpaired) electrons. The van der Waals surface area contributed by atoms with Gasteiger partial charge in [0.1, 0.15) is 5.60 Å². The summed E-state index contributed by atoms with van der Waals surface area (Å²) in [4.78, 5) is 3.21. The summed E-state index contributed by atoms with van der Waals surface area (Å²) in [7, 11) is 2.10. The number of hydrogen-bond donors (Lipinski definition) is 1. The lowest BCUT2D eigenvalue weighted by Gasteiger charge is -2.40. The van der Waals surface area contributed by atoms with E-state index in [0.717, 1.165) is 24.3 Å². The van der Waals surface area contributed by atoms with Crippen molar-refractivity contribution in [3.05, 3.63) is 21.3 Å². The highest BCUT2D eigenvalue weighted by Crippen LogP contribution is 2.41. The molecule has 0 aliphatic carbocycles. The van der Waals surface area contributed by atoms with E-state index in [1.165, 1.54) is 0 Å². The summed E-state index contributed by atoms with van der Waals surface area (Å²) in [5.41, 5.74) is -0.711. The second-order valence-corrected chi connectivity index (χ2v) is 5.74. The standard InChI is InChI=1S/C11H16ClNOS/c1-8-7-11(14,4-5-13(8)2)10-9(12)3-6-15-10/h3,6,8,14H,4-5,7H2,1-2H3. The Balaban J connectivity index is 2.25. The van der Waals surface area contributed by atoms with Crippen LogP contribution in [0.1, 0.15) is 24.6 Å². The Kier molecular flexibility index (Phi) is 3.08. The van der Waals surface area contributed by atoms with E-state index in [4.69, 9.17) is 11.6 Å². The number of aliphatic hydroxyl groups is 1. The molecule has 4 heteroatoms. The highest BCUT2D eigenvalue weighted by molar-refractivity contribution is 7.10. The zero-order valence-corrected chi connectivity index (χ0v) is 10.6. The summed E-state index contributed by atoms with van der Waals surface area (Å²) in [6.45, 7) is 3.07. The minimum atomic E-state index is -0.711. The molecule has 1 aliphatic rings. The summed E-state index contributed by atoms with van der Waals surface area (Å²) in [5.74, 6) is 0. The minimum Gasteiger partial charge on any atom is -0.384 e. The van der Waals surface area contributed by atoms with E-state index in [0.29, 0.717) is 11.1 Å². The highest BCUT2D eigenvalue weighted by Gasteiger charge is 2.38. The topological polar surface area (TPSA) is 23.5 Å². The van der Waals surface area contributed by atoms with Gasteiger partial charge in [0.2, 0.25) is 0 Å². The lowest BCUT2D eigenvalue weighted by molar-refractivity contribution is -0.0379. The first-order chi connectivity index (χ1) is 7.03. The quantitative estimate of drug-likeness (QED) is 0.823. The average molecular weight is 246 g/mol. The number of rotatable bonds is 1. The average Bonchev–Trinajstić information content (AvgIpc) is 2.59. The molecule has 1 N–H and O–H groups in total. The molecule has 0 aromatic carbocycles. The Hall–Kier alpha value is -0.0900. The first-order valence-electron chi connectivity index (χ1n) is 5.19. The van der Waals surface area contributed by atoms with Crippen molar-refractivity contribution in [3.8, 4) is 0 Å². The van der Waals surface area contributed by atoms with Gasteiger partial charge in [-0.25, -0.2) is 0 Å². The molecular weight excluding hydrogens is 230 g/mol. The molecule has 2 rings (SSSR count). The maximum Gasteiger partial charge on any atom is 0.103 e. The van der Waals surface area contributed by atoms with Gasteiger partial charge in [0.05, 0.1) is 9.90 Å². The normalized spacial score (nSPS) is 33.2. The van der Waals surface area contributed by atoms with Crippen molar-refractivity contribution in [1.29, 1.82) is 0 Å². The fraction of sp³-hybridized carbons (Fsp3) is 0.636. The summed E-state index contributed by atoms with van der Waals surface area (Å²) in [6, 6.07) is 2.27. The van der Waals surface area contributed by atoms with Gasteiger partial charge in [-0.15, -0.1) is 11.3 Å². The Bertz CT molecular complexity index is 354. The molecule has 1 aromatic rings. The Morgan fingerprint density at radius 1 is 1.67 bits per heavy atom. The Labute approximate surface area is 99.5 Å². The van der Waals surface area contributed by atoms with Gasteiger partial charge in [-0.3, -0.25) is 0 Å². The van der Waals surface area contributed by atoms with E-state index in [9.17, 15) is 5.11 Å². The predicted octanol–water partition coefficient (Wildman–Crippen LogP) is 2.70. The van der Waals surface area contributed by atoms with Crippen LogP contribution in [0.15, 0.2) is 11.4 Å². The summed E-state index contributed by atoms with van der Waals surface area (Å²) < 4.78 is 0.